The normalized spacial score (nSPS) is 32.8. The van der Waals surface area contributed by atoms with Gasteiger partial charge in [0.05, 0.1) is 0 Å². The highest BCUT2D eigenvalue weighted by Gasteiger charge is 2.19. The summed E-state index contributed by atoms with van der Waals surface area (Å²) in [4.78, 5) is 10.8. The summed E-state index contributed by atoms with van der Waals surface area (Å²) in [6.07, 6.45) is 3.96. The molecule has 0 aromatic carbocycles. The first-order valence-corrected chi connectivity index (χ1v) is 3.56. The Bertz CT molecular complexity index is 161. The van der Waals surface area contributed by atoms with Crippen LogP contribution in [0.1, 0.15) is 13.3 Å². The number of aliphatic hydroxyl groups is 1. The molecule has 1 aliphatic carbocycles. The lowest BCUT2D eigenvalue weighted by Crippen LogP contribution is -2.20. The molecular formula is C8H12O2. The molecule has 1 rings (SSSR count). The zero-order chi connectivity index (χ0) is 7.56. The predicted molar refractivity (Wildman–Crippen MR) is 38.5 cm³/mol. The molecule has 0 saturated heterocycles. The van der Waals surface area contributed by atoms with Crippen LogP contribution in [-0.4, -0.2) is 17.5 Å². The van der Waals surface area contributed by atoms with Crippen LogP contribution < -0.4 is 0 Å². The minimum Gasteiger partial charge on any atom is -0.396 e. The molecule has 2 atom stereocenters. The highest BCUT2D eigenvalue weighted by Crippen LogP contribution is 2.21. The Morgan fingerprint density at radius 3 is 3.00 bits per heavy atom. The largest absolute Gasteiger partial charge is 0.396 e. The lowest BCUT2D eigenvalue weighted by Gasteiger charge is -2.20. The van der Waals surface area contributed by atoms with Crippen LogP contribution in [0.25, 0.3) is 0 Å². The first kappa shape index (κ1) is 7.48. The number of hydrogen-bond donors (Lipinski definition) is 1. The summed E-state index contributed by atoms with van der Waals surface area (Å²) in [6, 6.07) is 0. The fourth-order valence-electron chi connectivity index (χ4n) is 1.20. The standard InChI is InChI=1S/C8H12O2/c1-6-4-8(10)3-2-7(6)5-9/h2-3,6-7,9H,4-5H2,1H3/t6-,7-/m1/s1. The number of ketones is 1. The van der Waals surface area contributed by atoms with Gasteiger partial charge in [0.1, 0.15) is 0 Å². The Balaban J connectivity index is 2.62. The summed E-state index contributed by atoms with van der Waals surface area (Å²) in [6.45, 7) is 2.15. The van der Waals surface area contributed by atoms with Gasteiger partial charge in [0.2, 0.25) is 0 Å². The Labute approximate surface area is 60.6 Å². The fraction of sp³-hybridized carbons (Fsp3) is 0.625. The third-order valence-electron chi connectivity index (χ3n) is 1.99. The van der Waals surface area contributed by atoms with Crippen LogP contribution in [0.3, 0.4) is 0 Å². The Morgan fingerprint density at radius 1 is 1.80 bits per heavy atom. The monoisotopic (exact) mass is 140 g/mol. The van der Waals surface area contributed by atoms with Crippen LogP contribution >= 0.6 is 0 Å². The van der Waals surface area contributed by atoms with E-state index in [1.54, 1.807) is 12.2 Å². The third kappa shape index (κ3) is 1.45. The van der Waals surface area contributed by atoms with Crippen molar-refractivity contribution < 1.29 is 9.90 Å². The van der Waals surface area contributed by atoms with Gasteiger partial charge < -0.3 is 5.11 Å². The summed E-state index contributed by atoms with van der Waals surface area (Å²) in [5, 5.41) is 8.79. The number of allylic oxidation sites excluding steroid dienone is 1. The zero-order valence-electron chi connectivity index (χ0n) is 6.08. The van der Waals surface area contributed by atoms with Gasteiger partial charge in [0.15, 0.2) is 5.78 Å². The molecule has 0 aliphatic heterocycles. The van der Waals surface area contributed by atoms with Crippen molar-refractivity contribution in [2.45, 2.75) is 13.3 Å². The molecule has 10 heavy (non-hydrogen) atoms. The van der Waals surface area contributed by atoms with Crippen LogP contribution in [0.15, 0.2) is 12.2 Å². The lowest BCUT2D eigenvalue weighted by atomic mass is 9.85. The van der Waals surface area contributed by atoms with Crippen molar-refractivity contribution in [3.8, 4) is 0 Å². The molecule has 0 radical (unpaired) electrons. The molecule has 0 amide bonds. The van der Waals surface area contributed by atoms with E-state index in [9.17, 15) is 4.79 Å². The molecule has 2 nitrogen and oxygen atoms in total. The van der Waals surface area contributed by atoms with Crippen LogP contribution in [0.4, 0.5) is 0 Å². The summed E-state index contributed by atoms with van der Waals surface area (Å²) in [5.41, 5.74) is 0. The highest BCUT2D eigenvalue weighted by molar-refractivity contribution is 5.90. The molecule has 0 unspecified atom stereocenters. The zero-order valence-corrected chi connectivity index (χ0v) is 6.08. The van der Waals surface area contributed by atoms with Gasteiger partial charge in [-0.2, -0.15) is 0 Å². The number of hydrogen-bond acceptors (Lipinski definition) is 2. The first-order valence-electron chi connectivity index (χ1n) is 3.56. The number of carbonyl (C=O) groups excluding carboxylic acids is 1. The van der Waals surface area contributed by atoms with Crippen LogP contribution in [0.5, 0.6) is 0 Å². The van der Waals surface area contributed by atoms with Crippen LogP contribution in [-0.2, 0) is 4.79 Å². The van der Waals surface area contributed by atoms with E-state index >= 15 is 0 Å². The van der Waals surface area contributed by atoms with E-state index in [0.717, 1.165) is 0 Å². The van der Waals surface area contributed by atoms with E-state index in [0.29, 0.717) is 12.3 Å². The molecule has 0 fully saturated rings. The Morgan fingerprint density at radius 2 is 2.50 bits per heavy atom. The van der Waals surface area contributed by atoms with Crippen molar-refractivity contribution in [1.29, 1.82) is 0 Å². The summed E-state index contributed by atoms with van der Waals surface area (Å²) >= 11 is 0. The molecule has 56 valence electrons. The van der Waals surface area contributed by atoms with E-state index < -0.39 is 0 Å². The van der Waals surface area contributed by atoms with E-state index in [4.69, 9.17) is 5.11 Å². The maximum absolute atomic E-state index is 10.8. The number of aliphatic hydroxyl groups excluding tert-OH is 1. The second-order valence-electron chi connectivity index (χ2n) is 2.85. The van der Waals surface area contributed by atoms with Crippen molar-refractivity contribution in [3.05, 3.63) is 12.2 Å². The average molecular weight is 140 g/mol. The Hall–Kier alpha value is -0.630. The maximum Gasteiger partial charge on any atom is 0.155 e. The van der Waals surface area contributed by atoms with Crippen molar-refractivity contribution in [3.63, 3.8) is 0 Å². The van der Waals surface area contributed by atoms with Gasteiger partial charge in [-0.1, -0.05) is 13.0 Å². The van der Waals surface area contributed by atoms with Crippen molar-refractivity contribution >= 4 is 5.78 Å². The van der Waals surface area contributed by atoms with Crippen molar-refractivity contribution in [1.82, 2.24) is 0 Å². The van der Waals surface area contributed by atoms with Gasteiger partial charge in [0.25, 0.3) is 0 Å². The molecule has 2 heteroatoms. The quantitative estimate of drug-likeness (QED) is 0.583. The topological polar surface area (TPSA) is 37.3 Å². The van der Waals surface area contributed by atoms with E-state index in [1.165, 1.54) is 0 Å². The van der Waals surface area contributed by atoms with Crippen LogP contribution in [0.2, 0.25) is 0 Å². The van der Waals surface area contributed by atoms with Gasteiger partial charge in [-0.15, -0.1) is 0 Å². The van der Waals surface area contributed by atoms with Crippen LogP contribution in [0, 0.1) is 11.8 Å². The minimum atomic E-state index is 0.158. The van der Waals surface area contributed by atoms with E-state index in [1.807, 2.05) is 6.92 Å². The average Bonchev–Trinajstić information content (AvgIpc) is 1.88. The van der Waals surface area contributed by atoms with E-state index in [2.05, 4.69) is 0 Å². The molecule has 0 aromatic rings. The molecule has 1 N–H and O–H groups in total. The molecule has 0 spiro atoms. The Kier molecular flexibility index (Phi) is 2.22. The van der Waals surface area contributed by atoms with Crippen molar-refractivity contribution in [2.24, 2.45) is 11.8 Å². The molecule has 0 aromatic heterocycles. The lowest BCUT2D eigenvalue weighted by molar-refractivity contribution is -0.116. The SMILES string of the molecule is C[C@@H]1CC(=O)C=C[C@@H]1CO. The summed E-state index contributed by atoms with van der Waals surface area (Å²) in [7, 11) is 0. The second kappa shape index (κ2) is 2.97. The highest BCUT2D eigenvalue weighted by atomic mass is 16.3. The molecule has 1 aliphatic rings. The van der Waals surface area contributed by atoms with Gasteiger partial charge in [-0.05, 0) is 12.0 Å². The first-order chi connectivity index (χ1) is 4.74. The van der Waals surface area contributed by atoms with Gasteiger partial charge >= 0.3 is 0 Å². The third-order valence-corrected chi connectivity index (χ3v) is 1.99. The number of carbonyl (C=O) groups is 1. The second-order valence-corrected chi connectivity index (χ2v) is 2.85. The smallest absolute Gasteiger partial charge is 0.155 e. The molecule has 0 saturated carbocycles. The molecule has 0 heterocycles. The fourth-order valence-corrected chi connectivity index (χ4v) is 1.20. The maximum atomic E-state index is 10.8. The minimum absolute atomic E-state index is 0.158. The van der Waals surface area contributed by atoms with E-state index in [-0.39, 0.29) is 18.3 Å². The summed E-state index contributed by atoms with van der Waals surface area (Å²) < 4.78 is 0. The van der Waals surface area contributed by atoms with Gasteiger partial charge in [-0.25, -0.2) is 0 Å². The van der Waals surface area contributed by atoms with Gasteiger partial charge in [0, 0.05) is 18.9 Å². The van der Waals surface area contributed by atoms with Gasteiger partial charge in [-0.3, -0.25) is 4.79 Å². The molecule has 0 bridgehead atoms. The summed E-state index contributed by atoms with van der Waals surface area (Å²) in [5.74, 6) is 0.678. The number of rotatable bonds is 1. The van der Waals surface area contributed by atoms with Crippen molar-refractivity contribution in [2.75, 3.05) is 6.61 Å². The predicted octanol–water partition coefficient (Wildman–Crippen LogP) is 0.760. The molecular weight excluding hydrogens is 128 g/mol.